The van der Waals surface area contributed by atoms with E-state index in [2.05, 4.69) is 12.2 Å². The highest BCUT2D eigenvalue weighted by Gasteiger charge is 2.40. The van der Waals surface area contributed by atoms with Gasteiger partial charge in [0.1, 0.15) is 11.4 Å². The summed E-state index contributed by atoms with van der Waals surface area (Å²) >= 11 is 0. The Bertz CT molecular complexity index is 1260. The zero-order valence-corrected chi connectivity index (χ0v) is 20.1. The molecule has 0 spiro atoms. The molecule has 3 aromatic rings. The van der Waals surface area contributed by atoms with Gasteiger partial charge < -0.3 is 10.1 Å². The monoisotopic (exact) mass is 454 g/mol. The van der Waals surface area contributed by atoms with Crippen molar-refractivity contribution in [3.63, 3.8) is 0 Å². The molecule has 0 unspecified atom stereocenters. The molecule has 1 aliphatic rings. The summed E-state index contributed by atoms with van der Waals surface area (Å²) in [5.41, 5.74) is 5.83. The lowest BCUT2D eigenvalue weighted by molar-refractivity contribution is -0.120. The van der Waals surface area contributed by atoms with E-state index in [0.29, 0.717) is 29.3 Å². The number of hydrogen-bond donors (Lipinski definition) is 1. The first kappa shape index (κ1) is 23.3. The Hall–Kier alpha value is -3.86. The molecular formula is C29H30N2O3. The van der Waals surface area contributed by atoms with E-state index < -0.39 is 0 Å². The van der Waals surface area contributed by atoms with Gasteiger partial charge >= 0.3 is 0 Å². The van der Waals surface area contributed by atoms with Gasteiger partial charge in [0.05, 0.1) is 17.9 Å². The van der Waals surface area contributed by atoms with Crippen molar-refractivity contribution in [3.8, 4) is 5.75 Å². The van der Waals surface area contributed by atoms with Crippen LogP contribution in [0.5, 0.6) is 5.75 Å². The standard InChI is InChI=1S/C29H30N2O3/c1-5-16-34-24-9-7-8-22(18-24)30-27-26(25-15-10-19(3)17-20(25)4)28(32)31(29(27)33)23-13-11-21(6-2)12-14-23/h7-15,17-18,30H,5-6,16H2,1-4H3. The van der Waals surface area contributed by atoms with Crippen molar-refractivity contribution in [2.45, 2.75) is 40.5 Å². The largest absolute Gasteiger partial charge is 0.494 e. The van der Waals surface area contributed by atoms with Crippen LogP contribution in [0, 0.1) is 13.8 Å². The molecule has 1 N–H and O–H groups in total. The number of nitrogens with zero attached hydrogens (tertiary/aromatic N) is 1. The van der Waals surface area contributed by atoms with E-state index in [9.17, 15) is 9.59 Å². The van der Waals surface area contributed by atoms with Crippen molar-refractivity contribution in [3.05, 3.63) is 94.7 Å². The number of nitrogens with one attached hydrogen (secondary N) is 1. The van der Waals surface area contributed by atoms with Crippen molar-refractivity contribution >= 4 is 28.8 Å². The minimum atomic E-state index is -0.371. The van der Waals surface area contributed by atoms with E-state index in [1.54, 1.807) is 0 Å². The van der Waals surface area contributed by atoms with E-state index in [0.717, 1.165) is 35.1 Å². The molecule has 0 saturated carbocycles. The first-order chi connectivity index (χ1) is 16.4. The van der Waals surface area contributed by atoms with Crippen molar-refractivity contribution in [2.24, 2.45) is 0 Å². The summed E-state index contributed by atoms with van der Waals surface area (Å²) in [5.74, 6) is 0.00971. The third kappa shape index (κ3) is 4.60. The number of carbonyl (C=O) groups excluding carboxylic acids is 2. The van der Waals surface area contributed by atoms with Crippen LogP contribution in [0.3, 0.4) is 0 Å². The van der Waals surface area contributed by atoms with Crippen LogP contribution in [0.2, 0.25) is 0 Å². The third-order valence-corrected chi connectivity index (χ3v) is 5.91. The number of aryl methyl sites for hydroxylation is 3. The van der Waals surface area contributed by atoms with Gasteiger partial charge in [-0.2, -0.15) is 0 Å². The second-order valence-electron chi connectivity index (χ2n) is 8.54. The van der Waals surface area contributed by atoms with Crippen LogP contribution in [0.15, 0.2) is 72.4 Å². The molecule has 0 aliphatic carbocycles. The van der Waals surface area contributed by atoms with Gasteiger partial charge in [-0.3, -0.25) is 9.59 Å². The Labute approximate surface area is 201 Å². The average Bonchev–Trinajstić information content (AvgIpc) is 3.07. The highest BCUT2D eigenvalue weighted by Crippen LogP contribution is 2.35. The van der Waals surface area contributed by atoms with Crippen LogP contribution in [0.25, 0.3) is 5.57 Å². The van der Waals surface area contributed by atoms with Gasteiger partial charge in [-0.1, -0.05) is 55.8 Å². The number of anilines is 2. The Balaban J connectivity index is 1.78. The second kappa shape index (κ2) is 9.96. The molecule has 5 heteroatoms. The van der Waals surface area contributed by atoms with Crippen molar-refractivity contribution in [1.29, 1.82) is 0 Å². The fourth-order valence-electron chi connectivity index (χ4n) is 4.13. The van der Waals surface area contributed by atoms with Gasteiger partial charge in [-0.15, -0.1) is 0 Å². The van der Waals surface area contributed by atoms with E-state index >= 15 is 0 Å². The Morgan fingerprint density at radius 2 is 1.65 bits per heavy atom. The summed E-state index contributed by atoms with van der Waals surface area (Å²) in [7, 11) is 0. The lowest BCUT2D eigenvalue weighted by atomic mass is 9.97. The summed E-state index contributed by atoms with van der Waals surface area (Å²) < 4.78 is 5.75. The number of rotatable bonds is 8. The number of imide groups is 1. The smallest absolute Gasteiger partial charge is 0.282 e. The molecule has 0 fully saturated rings. The van der Waals surface area contributed by atoms with Crippen LogP contribution in [-0.4, -0.2) is 18.4 Å². The van der Waals surface area contributed by atoms with E-state index in [1.165, 1.54) is 4.90 Å². The minimum Gasteiger partial charge on any atom is -0.494 e. The summed E-state index contributed by atoms with van der Waals surface area (Å²) in [6, 6.07) is 20.9. The van der Waals surface area contributed by atoms with Gasteiger partial charge in [0, 0.05) is 11.8 Å². The Morgan fingerprint density at radius 3 is 2.32 bits per heavy atom. The molecule has 0 radical (unpaired) electrons. The third-order valence-electron chi connectivity index (χ3n) is 5.91. The quantitative estimate of drug-likeness (QED) is 0.421. The lowest BCUT2D eigenvalue weighted by Crippen LogP contribution is -2.32. The first-order valence-corrected chi connectivity index (χ1v) is 11.7. The van der Waals surface area contributed by atoms with E-state index in [1.807, 2.05) is 87.5 Å². The normalized spacial score (nSPS) is 13.6. The van der Waals surface area contributed by atoms with Gasteiger partial charge in [-0.05, 0) is 67.6 Å². The lowest BCUT2D eigenvalue weighted by Gasteiger charge is -2.16. The number of hydrogen-bond acceptors (Lipinski definition) is 4. The molecule has 3 aromatic carbocycles. The van der Waals surface area contributed by atoms with Crippen LogP contribution in [-0.2, 0) is 16.0 Å². The molecule has 0 saturated heterocycles. The minimum absolute atomic E-state index is 0.268. The molecule has 2 amide bonds. The molecular weight excluding hydrogens is 424 g/mol. The van der Waals surface area contributed by atoms with Gasteiger partial charge in [-0.25, -0.2) is 4.90 Å². The number of amides is 2. The summed E-state index contributed by atoms with van der Waals surface area (Å²) in [4.78, 5) is 28.6. The van der Waals surface area contributed by atoms with Gasteiger partial charge in [0.2, 0.25) is 0 Å². The molecule has 1 heterocycles. The van der Waals surface area contributed by atoms with Crippen molar-refractivity contribution in [2.75, 3.05) is 16.8 Å². The zero-order valence-electron chi connectivity index (χ0n) is 20.1. The topological polar surface area (TPSA) is 58.6 Å². The summed E-state index contributed by atoms with van der Waals surface area (Å²) in [5, 5.41) is 3.24. The first-order valence-electron chi connectivity index (χ1n) is 11.7. The molecule has 174 valence electrons. The maximum absolute atomic E-state index is 13.7. The van der Waals surface area contributed by atoms with E-state index in [-0.39, 0.29) is 17.5 Å². The van der Waals surface area contributed by atoms with Crippen LogP contribution in [0.4, 0.5) is 11.4 Å². The van der Waals surface area contributed by atoms with Crippen molar-refractivity contribution in [1.82, 2.24) is 0 Å². The molecule has 34 heavy (non-hydrogen) atoms. The maximum Gasteiger partial charge on any atom is 0.282 e. The second-order valence-corrected chi connectivity index (χ2v) is 8.54. The fraction of sp³-hybridized carbons (Fsp3) is 0.241. The Morgan fingerprint density at radius 1 is 0.882 bits per heavy atom. The van der Waals surface area contributed by atoms with Crippen LogP contribution in [0.1, 0.15) is 42.5 Å². The number of ether oxygens (including phenoxy) is 1. The van der Waals surface area contributed by atoms with Crippen LogP contribution >= 0.6 is 0 Å². The number of carbonyl (C=O) groups is 2. The van der Waals surface area contributed by atoms with Gasteiger partial charge in [0.25, 0.3) is 11.8 Å². The van der Waals surface area contributed by atoms with Crippen LogP contribution < -0.4 is 15.0 Å². The molecule has 0 atom stereocenters. The average molecular weight is 455 g/mol. The van der Waals surface area contributed by atoms with Gasteiger partial charge in [0.15, 0.2) is 0 Å². The predicted molar refractivity (Wildman–Crippen MR) is 137 cm³/mol. The fourth-order valence-corrected chi connectivity index (χ4v) is 4.13. The highest BCUT2D eigenvalue weighted by atomic mass is 16.5. The zero-order chi connectivity index (χ0) is 24.2. The summed E-state index contributed by atoms with van der Waals surface area (Å²) in [6.07, 6.45) is 1.79. The molecule has 0 aromatic heterocycles. The molecule has 5 nitrogen and oxygen atoms in total. The number of benzene rings is 3. The summed E-state index contributed by atoms with van der Waals surface area (Å²) in [6.45, 7) is 8.70. The SMILES string of the molecule is CCCOc1cccc(NC2=C(c3ccc(C)cc3C)C(=O)N(c3ccc(CC)cc3)C2=O)c1. The molecule has 4 rings (SSSR count). The maximum atomic E-state index is 13.7. The molecule has 1 aliphatic heterocycles. The molecule has 0 bridgehead atoms. The van der Waals surface area contributed by atoms with Crippen molar-refractivity contribution < 1.29 is 14.3 Å². The van der Waals surface area contributed by atoms with E-state index in [4.69, 9.17) is 4.74 Å². The predicted octanol–water partition coefficient (Wildman–Crippen LogP) is 6.05. The highest BCUT2D eigenvalue weighted by molar-refractivity contribution is 6.46. The Kier molecular flexibility index (Phi) is 6.82.